The molecule has 0 amide bonds. The molecule has 0 aliphatic carbocycles. The van der Waals surface area contributed by atoms with Crippen molar-refractivity contribution >= 4 is 21.7 Å². The second-order valence-corrected chi connectivity index (χ2v) is 4.00. The molecule has 3 nitrogen and oxygen atoms in total. The van der Waals surface area contributed by atoms with Crippen molar-refractivity contribution in [3.63, 3.8) is 0 Å². The molecule has 0 atom stereocenters. The summed E-state index contributed by atoms with van der Waals surface area (Å²) >= 11 is 3.37. The van der Waals surface area contributed by atoms with E-state index >= 15 is 0 Å². The Hall–Kier alpha value is -1.03. The molecule has 0 radical (unpaired) electrons. The summed E-state index contributed by atoms with van der Waals surface area (Å²) in [7, 11) is 0. The number of carbonyl (C=O) groups excluding carboxylic acids is 1. The lowest BCUT2D eigenvalue weighted by molar-refractivity contribution is 0.101. The highest BCUT2D eigenvalue weighted by atomic mass is 79.9. The first-order valence-corrected chi connectivity index (χ1v) is 5.99. The molecule has 0 bridgehead atoms. The fraction of sp³-hybridized carbons (Fsp3) is 0.417. The Morgan fingerprint density at radius 3 is 2.38 bits per heavy atom. The van der Waals surface area contributed by atoms with Gasteiger partial charge in [-0.1, -0.05) is 0 Å². The molecule has 16 heavy (non-hydrogen) atoms. The molecule has 0 aromatic heterocycles. The van der Waals surface area contributed by atoms with Gasteiger partial charge in [-0.3, -0.25) is 4.79 Å². The number of Topliss-reactive ketones (excluding diaryl/α,β-unsaturated/α-hetero) is 1. The van der Waals surface area contributed by atoms with E-state index in [-0.39, 0.29) is 5.78 Å². The van der Waals surface area contributed by atoms with Crippen LogP contribution in [0.3, 0.4) is 0 Å². The average Bonchev–Trinajstić information content (AvgIpc) is 2.23. The maximum atomic E-state index is 11.4. The maximum Gasteiger partial charge on any atom is 0.161 e. The predicted octanol–water partition coefficient (Wildman–Crippen LogP) is 3.45. The molecule has 0 aliphatic heterocycles. The molecule has 4 heteroatoms. The van der Waals surface area contributed by atoms with E-state index in [1.165, 1.54) is 6.92 Å². The number of carbonyl (C=O) groups is 1. The Balaban J connectivity index is 3.21. The first kappa shape index (κ1) is 13.0. The first-order valence-electron chi connectivity index (χ1n) is 5.20. The highest BCUT2D eigenvalue weighted by Crippen LogP contribution is 2.34. The van der Waals surface area contributed by atoms with Crippen molar-refractivity contribution in [2.75, 3.05) is 13.2 Å². The predicted molar refractivity (Wildman–Crippen MR) is 66.5 cm³/mol. The highest BCUT2D eigenvalue weighted by Gasteiger charge is 2.13. The molecular weight excluding hydrogens is 272 g/mol. The van der Waals surface area contributed by atoms with Crippen LogP contribution in [0.25, 0.3) is 0 Å². The molecule has 1 aromatic rings. The lowest BCUT2D eigenvalue weighted by Crippen LogP contribution is -2.01. The van der Waals surface area contributed by atoms with Crippen LogP contribution in [0.2, 0.25) is 0 Å². The molecule has 0 spiro atoms. The van der Waals surface area contributed by atoms with Crippen LogP contribution in [0, 0.1) is 0 Å². The van der Waals surface area contributed by atoms with Gasteiger partial charge in [0.1, 0.15) is 11.5 Å². The van der Waals surface area contributed by atoms with Crippen LogP contribution in [0.4, 0.5) is 0 Å². The lowest BCUT2D eigenvalue weighted by atomic mass is 10.1. The molecule has 0 heterocycles. The van der Waals surface area contributed by atoms with Crippen molar-refractivity contribution in [2.24, 2.45) is 0 Å². The zero-order valence-electron chi connectivity index (χ0n) is 9.67. The van der Waals surface area contributed by atoms with Crippen molar-refractivity contribution in [3.8, 4) is 11.5 Å². The van der Waals surface area contributed by atoms with E-state index in [4.69, 9.17) is 9.47 Å². The number of benzene rings is 1. The van der Waals surface area contributed by atoms with Gasteiger partial charge in [0.15, 0.2) is 5.78 Å². The summed E-state index contributed by atoms with van der Waals surface area (Å²) in [4.78, 5) is 11.4. The van der Waals surface area contributed by atoms with Gasteiger partial charge in [-0.2, -0.15) is 0 Å². The normalized spacial score (nSPS) is 10.0. The molecule has 0 unspecified atom stereocenters. The van der Waals surface area contributed by atoms with Crippen molar-refractivity contribution < 1.29 is 14.3 Å². The van der Waals surface area contributed by atoms with Gasteiger partial charge in [-0.05, 0) is 42.8 Å². The zero-order valence-corrected chi connectivity index (χ0v) is 11.3. The molecule has 0 saturated carbocycles. The quantitative estimate of drug-likeness (QED) is 0.778. The SMILES string of the molecule is CCOc1cc(OCC)c(Br)c(C(C)=O)c1. The number of halogens is 1. The van der Waals surface area contributed by atoms with E-state index in [0.717, 1.165) is 0 Å². The summed E-state index contributed by atoms with van der Waals surface area (Å²) in [6, 6.07) is 3.50. The van der Waals surface area contributed by atoms with Crippen LogP contribution < -0.4 is 9.47 Å². The zero-order chi connectivity index (χ0) is 12.1. The molecule has 0 aliphatic rings. The standard InChI is InChI=1S/C12H15BrO3/c1-4-15-9-6-10(8(3)14)12(13)11(7-9)16-5-2/h6-7H,4-5H2,1-3H3. The van der Waals surface area contributed by atoms with Crippen LogP contribution in [0.15, 0.2) is 16.6 Å². The fourth-order valence-electron chi connectivity index (χ4n) is 1.34. The van der Waals surface area contributed by atoms with Crippen LogP contribution in [-0.2, 0) is 0 Å². The minimum Gasteiger partial charge on any atom is -0.494 e. The van der Waals surface area contributed by atoms with Gasteiger partial charge in [-0.15, -0.1) is 0 Å². The highest BCUT2D eigenvalue weighted by molar-refractivity contribution is 9.10. The van der Waals surface area contributed by atoms with Crippen LogP contribution in [0.5, 0.6) is 11.5 Å². The van der Waals surface area contributed by atoms with Gasteiger partial charge in [0, 0.05) is 11.6 Å². The smallest absolute Gasteiger partial charge is 0.161 e. The minimum atomic E-state index is -0.0191. The number of ketones is 1. The second kappa shape index (κ2) is 5.89. The largest absolute Gasteiger partial charge is 0.494 e. The first-order chi connectivity index (χ1) is 7.60. The molecule has 0 saturated heterocycles. The van der Waals surface area contributed by atoms with Crippen molar-refractivity contribution in [1.82, 2.24) is 0 Å². The van der Waals surface area contributed by atoms with E-state index in [2.05, 4.69) is 15.9 Å². The van der Waals surface area contributed by atoms with Crippen molar-refractivity contribution in [2.45, 2.75) is 20.8 Å². The van der Waals surface area contributed by atoms with Gasteiger partial charge < -0.3 is 9.47 Å². The molecular formula is C12H15BrO3. The monoisotopic (exact) mass is 286 g/mol. The van der Waals surface area contributed by atoms with Crippen molar-refractivity contribution in [3.05, 3.63) is 22.2 Å². The van der Waals surface area contributed by atoms with Crippen molar-refractivity contribution in [1.29, 1.82) is 0 Å². The third kappa shape index (κ3) is 2.98. The van der Waals surface area contributed by atoms with Gasteiger partial charge in [-0.25, -0.2) is 0 Å². The lowest BCUT2D eigenvalue weighted by Gasteiger charge is -2.12. The Kier molecular flexibility index (Phi) is 4.80. The summed E-state index contributed by atoms with van der Waals surface area (Å²) in [5.74, 6) is 1.27. The topological polar surface area (TPSA) is 35.5 Å². The van der Waals surface area contributed by atoms with Gasteiger partial charge in [0.2, 0.25) is 0 Å². The average molecular weight is 287 g/mol. The van der Waals surface area contributed by atoms with E-state index in [0.29, 0.717) is 34.7 Å². The van der Waals surface area contributed by atoms with E-state index in [1.807, 2.05) is 13.8 Å². The van der Waals surface area contributed by atoms with Crippen LogP contribution in [-0.4, -0.2) is 19.0 Å². The number of hydrogen-bond acceptors (Lipinski definition) is 3. The molecule has 0 N–H and O–H groups in total. The van der Waals surface area contributed by atoms with E-state index in [1.54, 1.807) is 12.1 Å². The summed E-state index contributed by atoms with van der Waals surface area (Å²) in [5.41, 5.74) is 0.578. The molecule has 0 fully saturated rings. The summed E-state index contributed by atoms with van der Waals surface area (Å²) < 4.78 is 11.5. The van der Waals surface area contributed by atoms with E-state index < -0.39 is 0 Å². The third-order valence-corrected chi connectivity index (χ3v) is 2.82. The number of rotatable bonds is 5. The Labute approximate surface area is 104 Å². The van der Waals surface area contributed by atoms with Gasteiger partial charge >= 0.3 is 0 Å². The van der Waals surface area contributed by atoms with Gasteiger partial charge in [0.25, 0.3) is 0 Å². The molecule has 1 aromatic carbocycles. The molecule has 1 rings (SSSR count). The van der Waals surface area contributed by atoms with Crippen LogP contribution >= 0.6 is 15.9 Å². The number of ether oxygens (including phenoxy) is 2. The van der Waals surface area contributed by atoms with Gasteiger partial charge in [0.05, 0.1) is 17.7 Å². The molecule has 88 valence electrons. The summed E-state index contributed by atoms with van der Waals surface area (Å²) in [6.07, 6.45) is 0. The summed E-state index contributed by atoms with van der Waals surface area (Å²) in [5, 5.41) is 0. The Morgan fingerprint density at radius 1 is 1.25 bits per heavy atom. The maximum absolute atomic E-state index is 11.4. The number of hydrogen-bond donors (Lipinski definition) is 0. The summed E-state index contributed by atoms with van der Waals surface area (Å²) in [6.45, 7) is 6.42. The van der Waals surface area contributed by atoms with E-state index in [9.17, 15) is 4.79 Å². The fourth-order valence-corrected chi connectivity index (χ4v) is 1.96. The van der Waals surface area contributed by atoms with Crippen LogP contribution in [0.1, 0.15) is 31.1 Å². The Bertz CT molecular complexity index is 388. The third-order valence-electron chi connectivity index (χ3n) is 2.00. The second-order valence-electron chi connectivity index (χ2n) is 3.21. The minimum absolute atomic E-state index is 0.0191. The Morgan fingerprint density at radius 2 is 1.88 bits per heavy atom.